The van der Waals surface area contributed by atoms with E-state index in [1.807, 2.05) is 36.4 Å². The third kappa shape index (κ3) is 2.34. The number of allylic oxidation sites excluding steroid dienone is 3. The van der Waals surface area contributed by atoms with E-state index in [0.717, 1.165) is 16.7 Å². The van der Waals surface area contributed by atoms with Crippen LogP contribution in [0.1, 0.15) is 11.1 Å². The van der Waals surface area contributed by atoms with Gasteiger partial charge in [-0.05, 0) is 22.3 Å². The van der Waals surface area contributed by atoms with Gasteiger partial charge in [-0.15, -0.1) is 0 Å². The Morgan fingerprint density at radius 1 is 0.786 bits per heavy atom. The number of rotatable bonds is 4. The van der Waals surface area contributed by atoms with E-state index in [4.69, 9.17) is 0 Å². The standard InChI is InChI=1S/C24H21NO3/c26-14-13-25-23(27)21-17-11-12-18(22(21)24(25)28)20(17)19(15-7-3-1-4-8-15)16-9-5-2-6-10-16/h1-12,17-18,21-22,26H,13-14H2/t17-,18-,21-,22+/m0/s1. The fourth-order valence-corrected chi connectivity index (χ4v) is 5.19. The molecule has 28 heavy (non-hydrogen) atoms. The van der Waals surface area contributed by atoms with Gasteiger partial charge < -0.3 is 5.11 Å². The average molecular weight is 371 g/mol. The largest absolute Gasteiger partial charge is 0.395 e. The number of nitrogens with zero attached hydrogens (tertiary/aromatic N) is 1. The Labute approximate surface area is 163 Å². The Bertz CT molecular complexity index is 918. The zero-order valence-electron chi connectivity index (χ0n) is 15.4. The van der Waals surface area contributed by atoms with Gasteiger partial charge in [0, 0.05) is 11.8 Å². The molecule has 1 saturated heterocycles. The lowest BCUT2D eigenvalue weighted by atomic mass is 9.85. The fraction of sp³-hybridized carbons (Fsp3) is 0.250. The molecule has 1 N–H and O–H groups in total. The van der Waals surface area contributed by atoms with E-state index >= 15 is 0 Å². The minimum absolute atomic E-state index is 0.0643. The summed E-state index contributed by atoms with van der Waals surface area (Å²) in [6.45, 7) is -0.102. The van der Waals surface area contributed by atoms with Crippen LogP contribution in [0, 0.1) is 23.7 Å². The van der Waals surface area contributed by atoms with E-state index in [0.29, 0.717) is 0 Å². The summed E-state index contributed by atoms with van der Waals surface area (Å²) in [5.74, 6) is -1.09. The van der Waals surface area contributed by atoms with E-state index in [9.17, 15) is 14.7 Å². The first kappa shape index (κ1) is 17.1. The van der Waals surface area contributed by atoms with Crippen LogP contribution in [0.15, 0.2) is 78.4 Å². The molecule has 4 atom stereocenters. The zero-order valence-corrected chi connectivity index (χ0v) is 15.4. The number of amides is 2. The van der Waals surface area contributed by atoms with Crippen LogP contribution < -0.4 is 0 Å². The van der Waals surface area contributed by atoms with Gasteiger partial charge in [-0.1, -0.05) is 72.8 Å². The summed E-state index contributed by atoms with van der Waals surface area (Å²) in [6.07, 6.45) is 4.20. The van der Waals surface area contributed by atoms with Crippen molar-refractivity contribution < 1.29 is 14.7 Å². The maximum atomic E-state index is 13.0. The van der Waals surface area contributed by atoms with Crippen molar-refractivity contribution in [2.75, 3.05) is 13.2 Å². The van der Waals surface area contributed by atoms with Crippen LogP contribution in [0.3, 0.4) is 0 Å². The quantitative estimate of drug-likeness (QED) is 0.664. The molecule has 2 aromatic carbocycles. The lowest BCUT2D eigenvalue weighted by Crippen LogP contribution is -2.35. The van der Waals surface area contributed by atoms with Gasteiger partial charge in [0.05, 0.1) is 25.0 Å². The number of carbonyl (C=O) groups is 2. The van der Waals surface area contributed by atoms with Gasteiger partial charge in [0.1, 0.15) is 0 Å². The van der Waals surface area contributed by atoms with Gasteiger partial charge in [0.25, 0.3) is 0 Å². The zero-order chi connectivity index (χ0) is 19.3. The van der Waals surface area contributed by atoms with Crippen LogP contribution in [0.5, 0.6) is 0 Å². The molecular weight excluding hydrogens is 350 g/mol. The van der Waals surface area contributed by atoms with Gasteiger partial charge in [-0.2, -0.15) is 0 Å². The summed E-state index contributed by atoms with van der Waals surface area (Å²) >= 11 is 0. The second kappa shape index (κ2) is 6.57. The van der Waals surface area contributed by atoms with Gasteiger partial charge >= 0.3 is 0 Å². The van der Waals surface area contributed by atoms with Crippen molar-refractivity contribution in [2.45, 2.75) is 0 Å². The van der Waals surface area contributed by atoms with E-state index in [-0.39, 0.29) is 48.6 Å². The average Bonchev–Trinajstić information content (AvgIpc) is 3.36. The minimum atomic E-state index is -0.341. The van der Waals surface area contributed by atoms with Crippen LogP contribution >= 0.6 is 0 Å². The number of benzene rings is 2. The molecule has 140 valence electrons. The molecule has 2 bridgehead atoms. The fourth-order valence-electron chi connectivity index (χ4n) is 5.19. The van der Waals surface area contributed by atoms with E-state index in [2.05, 4.69) is 36.4 Å². The highest BCUT2D eigenvalue weighted by Gasteiger charge is 2.61. The summed E-state index contributed by atoms with van der Waals surface area (Å²) in [5.41, 5.74) is 4.52. The summed E-state index contributed by atoms with van der Waals surface area (Å²) in [5, 5.41) is 9.24. The molecule has 2 fully saturated rings. The number of hydrogen-bond donors (Lipinski definition) is 1. The first-order valence-electron chi connectivity index (χ1n) is 9.71. The molecule has 2 aromatic rings. The smallest absolute Gasteiger partial charge is 0.234 e. The predicted molar refractivity (Wildman–Crippen MR) is 106 cm³/mol. The van der Waals surface area contributed by atoms with Crippen LogP contribution in [0.2, 0.25) is 0 Å². The van der Waals surface area contributed by atoms with Crippen LogP contribution in [-0.4, -0.2) is 35.0 Å². The Morgan fingerprint density at radius 2 is 1.25 bits per heavy atom. The summed E-state index contributed by atoms with van der Waals surface area (Å²) in [7, 11) is 0. The van der Waals surface area contributed by atoms with Crippen LogP contribution in [-0.2, 0) is 9.59 Å². The molecule has 4 nitrogen and oxygen atoms in total. The van der Waals surface area contributed by atoms with Crippen molar-refractivity contribution >= 4 is 17.4 Å². The Kier molecular flexibility index (Phi) is 4.02. The molecule has 1 heterocycles. The molecular formula is C24H21NO3. The monoisotopic (exact) mass is 371 g/mol. The molecule has 0 radical (unpaired) electrons. The maximum absolute atomic E-state index is 13.0. The van der Waals surface area contributed by atoms with Gasteiger partial charge in [0.2, 0.25) is 11.8 Å². The molecule has 0 aromatic heterocycles. The first-order valence-corrected chi connectivity index (χ1v) is 9.71. The van der Waals surface area contributed by atoms with E-state index in [1.54, 1.807) is 0 Å². The van der Waals surface area contributed by atoms with Gasteiger partial charge in [-0.25, -0.2) is 0 Å². The number of carbonyl (C=O) groups excluding carboxylic acids is 2. The number of β-amino-alcohol motifs (C(OH)–C–C–N with tert-alkyl or cyclic N) is 1. The van der Waals surface area contributed by atoms with Gasteiger partial charge in [-0.3, -0.25) is 14.5 Å². The summed E-state index contributed by atoms with van der Waals surface area (Å²) in [6, 6.07) is 20.4. The third-order valence-electron chi connectivity index (χ3n) is 6.24. The van der Waals surface area contributed by atoms with Crippen LogP contribution in [0.25, 0.3) is 5.57 Å². The first-order chi connectivity index (χ1) is 13.7. The predicted octanol–water partition coefficient (Wildman–Crippen LogP) is 2.90. The van der Waals surface area contributed by atoms with E-state index < -0.39 is 0 Å². The van der Waals surface area contributed by atoms with Crippen molar-refractivity contribution in [3.63, 3.8) is 0 Å². The SMILES string of the molecule is O=C1[C@@H]2[C@H](C(=O)N1CCO)[C@H]1C=C[C@H]2C1=C(c1ccccc1)c1ccccc1. The lowest BCUT2D eigenvalue weighted by Gasteiger charge is -2.21. The Hall–Kier alpha value is -2.98. The highest BCUT2D eigenvalue weighted by Crippen LogP contribution is 2.58. The molecule has 2 amide bonds. The van der Waals surface area contributed by atoms with Crippen molar-refractivity contribution in [3.8, 4) is 0 Å². The van der Waals surface area contributed by atoms with Crippen LogP contribution in [0.4, 0.5) is 0 Å². The van der Waals surface area contributed by atoms with Crippen molar-refractivity contribution in [1.82, 2.24) is 4.90 Å². The third-order valence-corrected chi connectivity index (χ3v) is 6.24. The number of likely N-dealkylation sites (tertiary alicyclic amines) is 1. The number of fused-ring (bicyclic) bond motifs is 5. The topological polar surface area (TPSA) is 57.6 Å². The Morgan fingerprint density at radius 3 is 1.68 bits per heavy atom. The Balaban J connectivity index is 1.67. The number of aliphatic hydroxyl groups is 1. The molecule has 5 rings (SSSR count). The maximum Gasteiger partial charge on any atom is 0.234 e. The second-order valence-electron chi connectivity index (χ2n) is 7.60. The normalized spacial score (nSPS) is 27.6. The summed E-state index contributed by atoms with van der Waals surface area (Å²) < 4.78 is 0. The van der Waals surface area contributed by atoms with Crippen molar-refractivity contribution in [1.29, 1.82) is 0 Å². The molecule has 2 aliphatic carbocycles. The molecule has 3 aliphatic rings. The molecule has 1 saturated carbocycles. The number of imide groups is 1. The van der Waals surface area contributed by atoms with Crippen molar-refractivity contribution in [2.24, 2.45) is 23.7 Å². The number of aliphatic hydroxyl groups excluding tert-OH is 1. The minimum Gasteiger partial charge on any atom is -0.395 e. The molecule has 1 aliphatic heterocycles. The van der Waals surface area contributed by atoms with Gasteiger partial charge in [0.15, 0.2) is 0 Å². The number of hydrogen-bond acceptors (Lipinski definition) is 3. The highest BCUT2D eigenvalue weighted by molar-refractivity contribution is 6.08. The van der Waals surface area contributed by atoms with E-state index in [1.165, 1.54) is 10.5 Å². The lowest BCUT2D eigenvalue weighted by molar-refractivity contribution is -0.141. The molecule has 0 unspecified atom stereocenters. The molecule has 4 heteroatoms. The van der Waals surface area contributed by atoms with Crippen molar-refractivity contribution in [3.05, 3.63) is 89.5 Å². The highest BCUT2D eigenvalue weighted by atomic mass is 16.3. The summed E-state index contributed by atoms with van der Waals surface area (Å²) in [4.78, 5) is 27.2. The molecule has 0 spiro atoms. The second-order valence-corrected chi connectivity index (χ2v) is 7.60.